The van der Waals surface area contributed by atoms with E-state index in [0.29, 0.717) is 5.69 Å². The summed E-state index contributed by atoms with van der Waals surface area (Å²) in [5.41, 5.74) is 1.50. The molecule has 6 heteroatoms. The molecule has 0 radical (unpaired) electrons. The van der Waals surface area contributed by atoms with Gasteiger partial charge in [-0.3, -0.25) is 9.59 Å². The minimum absolute atomic E-state index is 0.176. The first-order valence-electron chi connectivity index (χ1n) is 8.01. The van der Waals surface area contributed by atoms with Gasteiger partial charge < -0.3 is 15.0 Å². The Hall–Kier alpha value is -2.99. The van der Waals surface area contributed by atoms with Gasteiger partial charge in [0.1, 0.15) is 12.3 Å². The number of para-hydroxylation sites is 1. The molecule has 1 aromatic heterocycles. The summed E-state index contributed by atoms with van der Waals surface area (Å²) in [5, 5.41) is 2.81. The zero-order valence-electron chi connectivity index (χ0n) is 14.2. The van der Waals surface area contributed by atoms with Crippen LogP contribution in [0.4, 0.5) is 5.69 Å². The van der Waals surface area contributed by atoms with Crippen molar-refractivity contribution in [3.05, 3.63) is 88.3 Å². The molecule has 3 aromatic rings. The van der Waals surface area contributed by atoms with E-state index in [9.17, 15) is 9.59 Å². The highest BCUT2D eigenvalue weighted by molar-refractivity contribution is 7.98. The van der Waals surface area contributed by atoms with E-state index >= 15 is 0 Å². The predicted octanol–water partition coefficient (Wildman–Crippen LogP) is 3.93. The Bertz CT molecular complexity index is 955. The number of aromatic amines is 1. The van der Waals surface area contributed by atoms with Gasteiger partial charge in [0.05, 0.1) is 5.69 Å². The molecular formula is C20H18N2O3S. The second-order valence-electron chi connectivity index (χ2n) is 5.50. The maximum Gasteiger partial charge on any atom is 0.272 e. The zero-order valence-corrected chi connectivity index (χ0v) is 15.0. The van der Waals surface area contributed by atoms with Gasteiger partial charge in [-0.05, 0) is 24.0 Å². The highest BCUT2D eigenvalue weighted by atomic mass is 32.2. The Balaban J connectivity index is 1.70. The van der Waals surface area contributed by atoms with Crippen LogP contribution in [0.15, 0.2) is 76.6 Å². The van der Waals surface area contributed by atoms with Gasteiger partial charge in [-0.2, -0.15) is 0 Å². The molecule has 1 amide bonds. The maximum atomic E-state index is 12.4. The smallest absolute Gasteiger partial charge is 0.272 e. The van der Waals surface area contributed by atoms with Gasteiger partial charge >= 0.3 is 0 Å². The fourth-order valence-electron chi connectivity index (χ4n) is 2.38. The maximum absolute atomic E-state index is 12.4. The Kier molecular flexibility index (Phi) is 5.76. The first-order chi connectivity index (χ1) is 12.7. The van der Waals surface area contributed by atoms with Crippen molar-refractivity contribution in [1.82, 2.24) is 4.98 Å². The van der Waals surface area contributed by atoms with Crippen LogP contribution < -0.4 is 15.5 Å². The second kappa shape index (κ2) is 8.40. The van der Waals surface area contributed by atoms with E-state index in [4.69, 9.17) is 4.74 Å². The van der Waals surface area contributed by atoms with Crippen molar-refractivity contribution in [2.24, 2.45) is 0 Å². The van der Waals surface area contributed by atoms with Crippen LogP contribution in [0.25, 0.3) is 0 Å². The fourth-order valence-corrected chi connectivity index (χ4v) is 2.93. The van der Waals surface area contributed by atoms with Crippen molar-refractivity contribution in [3.8, 4) is 5.75 Å². The number of hydrogen-bond donors (Lipinski definition) is 2. The lowest BCUT2D eigenvalue weighted by atomic mass is 10.2. The van der Waals surface area contributed by atoms with E-state index in [1.165, 1.54) is 24.0 Å². The molecule has 132 valence electrons. The average Bonchev–Trinajstić information content (AvgIpc) is 2.68. The molecule has 0 aliphatic rings. The number of benzene rings is 2. The van der Waals surface area contributed by atoms with E-state index < -0.39 is 0 Å². The van der Waals surface area contributed by atoms with Crippen molar-refractivity contribution >= 4 is 23.4 Å². The molecule has 0 saturated heterocycles. The largest absolute Gasteiger partial charge is 0.483 e. The lowest BCUT2D eigenvalue weighted by Crippen LogP contribution is -2.18. The molecule has 0 aliphatic carbocycles. The summed E-state index contributed by atoms with van der Waals surface area (Å²) in [6.07, 6.45) is 3.35. The number of thioether (sulfide) groups is 1. The Morgan fingerprint density at radius 2 is 1.85 bits per heavy atom. The standard InChI is InChI=1S/C20H18N2O3S/c1-26-19-10-6-5-9-15(19)22-20(24)16-11-17(23)18(12-21-16)25-13-14-7-3-2-4-8-14/h2-12H,13H2,1H3,(H,21,23)(H,22,24). The topological polar surface area (TPSA) is 71.2 Å². The molecule has 3 rings (SSSR count). The molecule has 5 nitrogen and oxygen atoms in total. The van der Waals surface area contributed by atoms with Gasteiger partial charge in [-0.25, -0.2) is 0 Å². The number of carbonyl (C=O) groups is 1. The zero-order chi connectivity index (χ0) is 18.4. The van der Waals surface area contributed by atoms with E-state index in [1.54, 1.807) is 0 Å². The molecule has 2 aromatic carbocycles. The number of amides is 1. The Labute approximate surface area is 155 Å². The van der Waals surface area contributed by atoms with Crippen LogP contribution in [0, 0.1) is 0 Å². The molecular weight excluding hydrogens is 348 g/mol. The van der Waals surface area contributed by atoms with E-state index in [1.807, 2.05) is 60.9 Å². The third-order valence-corrected chi connectivity index (χ3v) is 4.51. The number of hydrogen-bond acceptors (Lipinski definition) is 4. The molecule has 26 heavy (non-hydrogen) atoms. The third kappa shape index (κ3) is 4.34. The van der Waals surface area contributed by atoms with Crippen molar-refractivity contribution in [2.75, 3.05) is 11.6 Å². The lowest BCUT2D eigenvalue weighted by Gasteiger charge is -2.10. The lowest BCUT2D eigenvalue weighted by molar-refractivity contribution is 0.102. The molecule has 0 unspecified atom stereocenters. The first kappa shape index (κ1) is 17.8. The second-order valence-corrected chi connectivity index (χ2v) is 6.35. The highest BCUT2D eigenvalue weighted by Gasteiger charge is 2.12. The summed E-state index contributed by atoms with van der Waals surface area (Å²) in [6, 6.07) is 18.3. The summed E-state index contributed by atoms with van der Waals surface area (Å²) in [4.78, 5) is 28.4. The van der Waals surface area contributed by atoms with Gasteiger partial charge in [0.25, 0.3) is 5.91 Å². The van der Waals surface area contributed by atoms with Gasteiger partial charge in [-0.1, -0.05) is 42.5 Å². The number of aromatic nitrogens is 1. The summed E-state index contributed by atoms with van der Waals surface area (Å²) < 4.78 is 5.53. The normalized spacial score (nSPS) is 10.3. The minimum atomic E-state index is -0.377. The number of pyridine rings is 1. The number of carbonyl (C=O) groups excluding carboxylic acids is 1. The molecule has 0 saturated carbocycles. The monoisotopic (exact) mass is 366 g/mol. The van der Waals surface area contributed by atoms with Crippen LogP contribution in [-0.4, -0.2) is 17.1 Å². The summed E-state index contributed by atoms with van der Waals surface area (Å²) >= 11 is 1.54. The van der Waals surface area contributed by atoms with Gasteiger partial charge in [0.15, 0.2) is 5.75 Å². The molecule has 0 spiro atoms. The van der Waals surface area contributed by atoms with Crippen molar-refractivity contribution in [2.45, 2.75) is 11.5 Å². The van der Waals surface area contributed by atoms with Crippen LogP contribution in [0.1, 0.15) is 16.1 Å². The van der Waals surface area contributed by atoms with E-state index in [-0.39, 0.29) is 29.4 Å². The number of nitrogens with one attached hydrogen (secondary N) is 2. The number of H-pyrrole nitrogens is 1. The summed E-state index contributed by atoms with van der Waals surface area (Å²) in [6.45, 7) is 0.288. The summed E-state index contributed by atoms with van der Waals surface area (Å²) in [5.74, 6) is -0.201. The number of anilines is 1. The number of rotatable bonds is 6. The molecule has 0 atom stereocenters. The van der Waals surface area contributed by atoms with Gasteiger partial charge in [0, 0.05) is 17.2 Å². The molecule has 0 fully saturated rings. The van der Waals surface area contributed by atoms with E-state index in [0.717, 1.165) is 10.5 Å². The Morgan fingerprint density at radius 1 is 1.12 bits per heavy atom. The SMILES string of the molecule is CSc1ccccc1NC(=O)c1cc(=O)c(OCc2ccccc2)c[nH]1. The number of ether oxygens (including phenoxy) is 1. The van der Waals surface area contributed by atoms with Crippen molar-refractivity contribution in [1.29, 1.82) is 0 Å². The van der Waals surface area contributed by atoms with Gasteiger partial charge in [-0.15, -0.1) is 11.8 Å². The molecule has 0 aliphatic heterocycles. The third-order valence-electron chi connectivity index (χ3n) is 3.71. The van der Waals surface area contributed by atoms with E-state index in [2.05, 4.69) is 10.3 Å². The Morgan fingerprint density at radius 3 is 2.58 bits per heavy atom. The van der Waals surface area contributed by atoms with Crippen molar-refractivity contribution in [3.63, 3.8) is 0 Å². The fraction of sp³-hybridized carbons (Fsp3) is 0.100. The van der Waals surface area contributed by atoms with Crippen LogP contribution in [-0.2, 0) is 6.61 Å². The molecule has 2 N–H and O–H groups in total. The predicted molar refractivity (Wildman–Crippen MR) is 104 cm³/mol. The van der Waals surface area contributed by atoms with Gasteiger partial charge in [0.2, 0.25) is 5.43 Å². The summed E-state index contributed by atoms with van der Waals surface area (Å²) in [7, 11) is 0. The van der Waals surface area contributed by atoms with Crippen molar-refractivity contribution < 1.29 is 9.53 Å². The first-order valence-corrected chi connectivity index (χ1v) is 9.23. The minimum Gasteiger partial charge on any atom is -0.483 e. The van der Waals surface area contributed by atoms with Crippen LogP contribution in [0.2, 0.25) is 0 Å². The average molecular weight is 366 g/mol. The quantitative estimate of drug-likeness (QED) is 0.649. The molecule has 0 bridgehead atoms. The van der Waals surface area contributed by atoms with Crippen LogP contribution >= 0.6 is 11.8 Å². The van der Waals surface area contributed by atoms with Crippen LogP contribution in [0.3, 0.4) is 0 Å². The molecule has 1 heterocycles. The highest BCUT2D eigenvalue weighted by Crippen LogP contribution is 2.24. The van der Waals surface area contributed by atoms with Crippen LogP contribution in [0.5, 0.6) is 5.75 Å².